The van der Waals surface area contributed by atoms with Crippen LogP contribution in [0.3, 0.4) is 0 Å². The van der Waals surface area contributed by atoms with Crippen LogP contribution in [0.4, 0.5) is 4.39 Å². The second-order valence-electron chi connectivity index (χ2n) is 5.82. The summed E-state index contributed by atoms with van der Waals surface area (Å²) in [4.78, 5) is 27.3. The Morgan fingerprint density at radius 3 is 2.71 bits per heavy atom. The van der Waals surface area contributed by atoms with E-state index in [1.165, 1.54) is 24.8 Å². The highest BCUT2D eigenvalue weighted by Crippen LogP contribution is 2.31. The highest BCUT2D eigenvalue weighted by atomic mass is 32.2. The standard InChI is InChI=1S/C18H18FNO2S2/c1-12(21)13-4-7-17(16(19)9-13)24-11-18(22)20(14-5-6-14)10-15-3-2-8-23-15/h2-4,7-9,14H,5-6,10-11H2,1H3. The number of Topliss-reactive ketones (excluding diaryl/α,β-unsaturated/α-hetero) is 1. The van der Waals surface area contributed by atoms with Gasteiger partial charge in [-0.3, -0.25) is 9.59 Å². The van der Waals surface area contributed by atoms with E-state index in [1.54, 1.807) is 23.5 Å². The number of carbonyl (C=O) groups excluding carboxylic acids is 2. The van der Waals surface area contributed by atoms with Crippen LogP contribution in [-0.2, 0) is 11.3 Å². The molecule has 1 aromatic heterocycles. The maximum Gasteiger partial charge on any atom is 0.233 e. The molecule has 126 valence electrons. The van der Waals surface area contributed by atoms with Gasteiger partial charge in [0, 0.05) is 21.4 Å². The predicted octanol–water partition coefficient (Wildman–Crippen LogP) is 4.37. The summed E-state index contributed by atoms with van der Waals surface area (Å²) in [6, 6.07) is 8.74. The normalized spacial score (nSPS) is 13.8. The van der Waals surface area contributed by atoms with Crippen LogP contribution in [0.25, 0.3) is 0 Å². The number of ketones is 1. The first kappa shape index (κ1) is 17.2. The highest BCUT2D eigenvalue weighted by Gasteiger charge is 2.32. The van der Waals surface area contributed by atoms with Crippen molar-refractivity contribution in [1.82, 2.24) is 4.90 Å². The van der Waals surface area contributed by atoms with Gasteiger partial charge in [-0.25, -0.2) is 4.39 Å². The minimum absolute atomic E-state index is 0.0333. The second-order valence-corrected chi connectivity index (χ2v) is 7.87. The Bertz CT molecular complexity index is 741. The number of thiophene rings is 1. The Balaban J connectivity index is 1.62. The van der Waals surface area contributed by atoms with Crippen molar-refractivity contribution in [1.29, 1.82) is 0 Å². The maximum atomic E-state index is 14.0. The molecule has 3 nitrogen and oxygen atoms in total. The first-order valence-corrected chi connectivity index (χ1v) is 9.66. The van der Waals surface area contributed by atoms with Gasteiger partial charge in [-0.05, 0) is 43.3 Å². The summed E-state index contributed by atoms with van der Waals surface area (Å²) in [6.07, 6.45) is 2.09. The molecule has 1 amide bonds. The van der Waals surface area contributed by atoms with Crippen LogP contribution in [0.15, 0.2) is 40.6 Å². The van der Waals surface area contributed by atoms with Crippen molar-refractivity contribution in [2.45, 2.75) is 37.2 Å². The van der Waals surface area contributed by atoms with Crippen LogP contribution >= 0.6 is 23.1 Å². The number of nitrogens with zero attached hydrogens (tertiary/aromatic N) is 1. The summed E-state index contributed by atoms with van der Waals surface area (Å²) in [7, 11) is 0. The van der Waals surface area contributed by atoms with Crippen LogP contribution < -0.4 is 0 Å². The third-order valence-corrected chi connectivity index (χ3v) is 5.80. The molecule has 1 aliphatic carbocycles. The van der Waals surface area contributed by atoms with Gasteiger partial charge in [0.2, 0.25) is 5.91 Å². The number of benzene rings is 1. The number of carbonyl (C=O) groups is 2. The number of amides is 1. The van der Waals surface area contributed by atoms with Crippen molar-refractivity contribution in [3.05, 3.63) is 52.0 Å². The van der Waals surface area contributed by atoms with E-state index in [0.29, 0.717) is 23.0 Å². The lowest BCUT2D eigenvalue weighted by molar-refractivity contribution is -0.129. The molecule has 0 aliphatic heterocycles. The van der Waals surface area contributed by atoms with Gasteiger partial charge >= 0.3 is 0 Å². The number of hydrogen-bond acceptors (Lipinski definition) is 4. The fourth-order valence-electron chi connectivity index (χ4n) is 2.44. The Kier molecular flexibility index (Phi) is 5.36. The zero-order valence-electron chi connectivity index (χ0n) is 13.3. The van der Waals surface area contributed by atoms with Crippen LogP contribution in [0.2, 0.25) is 0 Å². The van der Waals surface area contributed by atoms with Crippen LogP contribution in [0, 0.1) is 5.82 Å². The number of rotatable bonds is 7. The Hall–Kier alpha value is -1.66. The fraction of sp³-hybridized carbons (Fsp3) is 0.333. The minimum atomic E-state index is -0.447. The van der Waals surface area contributed by atoms with E-state index >= 15 is 0 Å². The summed E-state index contributed by atoms with van der Waals surface area (Å²) in [6.45, 7) is 2.04. The first-order chi connectivity index (χ1) is 11.5. The molecule has 0 saturated heterocycles. The molecule has 1 fully saturated rings. The van der Waals surface area contributed by atoms with Crippen LogP contribution in [-0.4, -0.2) is 28.4 Å². The summed E-state index contributed by atoms with van der Waals surface area (Å²) in [5.41, 5.74) is 0.348. The van der Waals surface area contributed by atoms with Crippen molar-refractivity contribution >= 4 is 34.8 Å². The molecule has 0 radical (unpaired) electrons. The van der Waals surface area contributed by atoms with Crippen LogP contribution in [0.1, 0.15) is 35.0 Å². The molecule has 3 rings (SSSR count). The van der Waals surface area contributed by atoms with Crippen molar-refractivity contribution in [2.75, 3.05) is 5.75 Å². The Morgan fingerprint density at radius 1 is 1.33 bits per heavy atom. The summed E-state index contributed by atoms with van der Waals surface area (Å²) >= 11 is 2.83. The van der Waals surface area contributed by atoms with Crippen molar-refractivity contribution in [3.8, 4) is 0 Å². The number of halogens is 1. The third-order valence-electron chi connectivity index (χ3n) is 3.90. The van der Waals surface area contributed by atoms with E-state index in [2.05, 4.69) is 0 Å². The molecular formula is C18H18FNO2S2. The average molecular weight is 363 g/mol. The quantitative estimate of drug-likeness (QED) is 0.541. The smallest absolute Gasteiger partial charge is 0.233 e. The molecule has 1 saturated carbocycles. The molecule has 1 aliphatic rings. The van der Waals surface area contributed by atoms with E-state index in [1.807, 2.05) is 22.4 Å². The van der Waals surface area contributed by atoms with E-state index < -0.39 is 5.82 Å². The zero-order valence-corrected chi connectivity index (χ0v) is 15.0. The monoisotopic (exact) mass is 363 g/mol. The lowest BCUT2D eigenvalue weighted by Crippen LogP contribution is -2.33. The van der Waals surface area contributed by atoms with E-state index in [0.717, 1.165) is 17.7 Å². The Labute approximate surface area is 148 Å². The molecule has 1 aromatic carbocycles. The molecule has 0 bridgehead atoms. The van der Waals surface area contributed by atoms with Gasteiger partial charge in [0.1, 0.15) is 5.82 Å². The van der Waals surface area contributed by atoms with E-state index in [-0.39, 0.29) is 17.4 Å². The van der Waals surface area contributed by atoms with Gasteiger partial charge in [-0.1, -0.05) is 12.1 Å². The van der Waals surface area contributed by atoms with Gasteiger partial charge in [-0.2, -0.15) is 0 Å². The molecule has 24 heavy (non-hydrogen) atoms. The minimum Gasteiger partial charge on any atom is -0.334 e. The third kappa shape index (κ3) is 4.24. The van der Waals surface area contributed by atoms with Gasteiger partial charge < -0.3 is 4.90 Å². The average Bonchev–Trinajstić information content (AvgIpc) is 3.27. The molecule has 2 aromatic rings. The molecule has 0 atom stereocenters. The van der Waals surface area contributed by atoms with Gasteiger partial charge in [0.05, 0.1) is 12.3 Å². The van der Waals surface area contributed by atoms with Crippen molar-refractivity contribution in [3.63, 3.8) is 0 Å². The largest absolute Gasteiger partial charge is 0.334 e. The molecule has 6 heteroatoms. The summed E-state index contributed by atoms with van der Waals surface area (Å²) in [5, 5.41) is 2.01. The molecule has 0 unspecified atom stereocenters. The second kappa shape index (κ2) is 7.49. The van der Waals surface area contributed by atoms with Gasteiger partial charge in [0.15, 0.2) is 5.78 Å². The fourth-order valence-corrected chi connectivity index (χ4v) is 3.95. The molecule has 0 N–H and O–H groups in total. The SMILES string of the molecule is CC(=O)c1ccc(SCC(=O)N(Cc2cccs2)C2CC2)c(F)c1. The summed E-state index contributed by atoms with van der Waals surface area (Å²) < 4.78 is 14.0. The predicted molar refractivity (Wildman–Crippen MR) is 95.0 cm³/mol. The highest BCUT2D eigenvalue weighted by molar-refractivity contribution is 8.00. The first-order valence-electron chi connectivity index (χ1n) is 7.79. The molecular weight excluding hydrogens is 345 g/mol. The number of hydrogen-bond donors (Lipinski definition) is 0. The van der Waals surface area contributed by atoms with Crippen LogP contribution in [0.5, 0.6) is 0 Å². The topological polar surface area (TPSA) is 37.4 Å². The maximum absolute atomic E-state index is 14.0. The van der Waals surface area contributed by atoms with E-state index in [4.69, 9.17) is 0 Å². The van der Waals surface area contributed by atoms with Crippen molar-refractivity contribution < 1.29 is 14.0 Å². The number of thioether (sulfide) groups is 1. The van der Waals surface area contributed by atoms with E-state index in [9.17, 15) is 14.0 Å². The molecule has 0 spiro atoms. The van der Waals surface area contributed by atoms with Crippen molar-refractivity contribution in [2.24, 2.45) is 0 Å². The van der Waals surface area contributed by atoms with Gasteiger partial charge in [-0.15, -0.1) is 23.1 Å². The van der Waals surface area contributed by atoms with Gasteiger partial charge in [0.25, 0.3) is 0 Å². The molecule has 1 heterocycles. The lowest BCUT2D eigenvalue weighted by Gasteiger charge is -2.21. The lowest BCUT2D eigenvalue weighted by atomic mass is 10.1. The summed E-state index contributed by atoms with van der Waals surface area (Å²) in [5.74, 6) is -0.377. The Morgan fingerprint density at radius 2 is 2.12 bits per heavy atom. The zero-order chi connectivity index (χ0) is 17.1.